The molecule has 0 spiro atoms. The van der Waals surface area contributed by atoms with Gasteiger partial charge in [-0.05, 0) is 74.6 Å². The van der Waals surface area contributed by atoms with Crippen molar-refractivity contribution in [2.45, 2.75) is 46.3 Å². The number of carbonyl (C=O) groups excluding carboxylic acids is 1. The number of nitrogens with zero attached hydrogens (tertiary/aromatic N) is 1. The van der Waals surface area contributed by atoms with E-state index >= 15 is 0 Å². The SMILES string of the molecule is COc1c(COc2cccc(C)c2C)cc(=O)n2c1CC[C@H]2C(=O)Nc1ccc(Cl)cc1C. The Labute approximate surface area is 198 Å². The van der Waals surface area contributed by atoms with Gasteiger partial charge in [0.1, 0.15) is 24.1 Å². The van der Waals surface area contributed by atoms with E-state index in [1.165, 1.54) is 6.07 Å². The first kappa shape index (κ1) is 22.9. The first-order valence-electron chi connectivity index (χ1n) is 10.9. The zero-order valence-electron chi connectivity index (χ0n) is 19.2. The van der Waals surface area contributed by atoms with E-state index in [4.69, 9.17) is 21.1 Å². The van der Waals surface area contributed by atoms with E-state index in [0.717, 1.165) is 28.1 Å². The average molecular weight is 467 g/mol. The summed E-state index contributed by atoms with van der Waals surface area (Å²) in [6.07, 6.45) is 1.08. The Hall–Kier alpha value is -3.25. The van der Waals surface area contributed by atoms with Crippen LogP contribution in [-0.2, 0) is 17.8 Å². The molecule has 172 valence electrons. The minimum absolute atomic E-state index is 0.206. The first-order valence-corrected chi connectivity index (χ1v) is 11.2. The van der Waals surface area contributed by atoms with Gasteiger partial charge in [0, 0.05) is 22.3 Å². The number of methoxy groups -OCH3 is 1. The fraction of sp³-hybridized carbons (Fsp3) is 0.308. The number of carbonyl (C=O) groups is 1. The highest BCUT2D eigenvalue weighted by Crippen LogP contribution is 2.34. The van der Waals surface area contributed by atoms with Gasteiger partial charge in [-0.1, -0.05) is 23.7 Å². The topological polar surface area (TPSA) is 69.6 Å². The molecule has 0 saturated carbocycles. The number of rotatable bonds is 6. The summed E-state index contributed by atoms with van der Waals surface area (Å²) in [6, 6.07) is 12.1. The highest BCUT2D eigenvalue weighted by atomic mass is 35.5. The number of halogens is 1. The third kappa shape index (κ3) is 4.48. The third-order valence-corrected chi connectivity index (χ3v) is 6.47. The van der Waals surface area contributed by atoms with Crippen LogP contribution in [0.4, 0.5) is 5.69 Å². The van der Waals surface area contributed by atoms with E-state index in [-0.39, 0.29) is 18.1 Å². The molecule has 1 aliphatic rings. The summed E-state index contributed by atoms with van der Waals surface area (Å²) in [5.74, 6) is 1.13. The lowest BCUT2D eigenvalue weighted by Crippen LogP contribution is -2.31. The highest BCUT2D eigenvalue weighted by Gasteiger charge is 2.33. The molecule has 1 aromatic heterocycles. The van der Waals surface area contributed by atoms with Gasteiger partial charge in [0.15, 0.2) is 0 Å². The maximum Gasteiger partial charge on any atom is 0.252 e. The lowest BCUT2D eigenvalue weighted by molar-refractivity contribution is -0.119. The van der Waals surface area contributed by atoms with Crippen molar-refractivity contribution in [2.75, 3.05) is 12.4 Å². The second kappa shape index (κ2) is 9.32. The number of hydrogen-bond acceptors (Lipinski definition) is 4. The maximum absolute atomic E-state index is 13.1. The molecule has 0 bridgehead atoms. The van der Waals surface area contributed by atoms with Crippen LogP contribution in [0, 0.1) is 20.8 Å². The summed E-state index contributed by atoms with van der Waals surface area (Å²) >= 11 is 6.02. The summed E-state index contributed by atoms with van der Waals surface area (Å²) in [5.41, 5.74) is 4.88. The minimum Gasteiger partial charge on any atom is -0.494 e. The van der Waals surface area contributed by atoms with Crippen molar-refractivity contribution in [1.82, 2.24) is 4.57 Å². The molecule has 1 atom stereocenters. The van der Waals surface area contributed by atoms with E-state index in [2.05, 4.69) is 5.32 Å². The van der Waals surface area contributed by atoms with Crippen LogP contribution in [0.2, 0.25) is 5.02 Å². The Kier molecular flexibility index (Phi) is 6.47. The predicted octanol–water partition coefficient (Wildman–Crippen LogP) is 5.14. The van der Waals surface area contributed by atoms with Gasteiger partial charge in [-0.25, -0.2) is 0 Å². The normalized spacial score (nSPS) is 14.6. The molecule has 1 amide bonds. The number of anilines is 1. The molecule has 7 heteroatoms. The Bertz CT molecular complexity index is 1280. The molecule has 33 heavy (non-hydrogen) atoms. The van der Waals surface area contributed by atoms with E-state index in [9.17, 15) is 9.59 Å². The van der Waals surface area contributed by atoms with Crippen LogP contribution < -0.4 is 20.3 Å². The molecule has 0 radical (unpaired) electrons. The van der Waals surface area contributed by atoms with Crippen molar-refractivity contribution in [3.05, 3.63) is 85.8 Å². The van der Waals surface area contributed by atoms with Gasteiger partial charge in [0.2, 0.25) is 5.91 Å². The van der Waals surface area contributed by atoms with Crippen LogP contribution >= 0.6 is 11.6 Å². The number of amides is 1. The van der Waals surface area contributed by atoms with Gasteiger partial charge >= 0.3 is 0 Å². The Balaban J connectivity index is 1.60. The summed E-state index contributed by atoms with van der Waals surface area (Å²) in [6.45, 7) is 6.12. The maximum atomic E-state index is 13.1. The third-order valence-electron chi connectivity index (χ3n) is 6.24. The van der Waals surface area contributed by atoms with Crippen molar-refractivity contribution < 1.29 is 14.3 Å². The second-order valence-electron chi connectivity index (χ2n) is 8.35. The number of hydrogen-bond donors (Lipinski definition) is 1. The first-order chi connectivity index (χ1) is 15.8. The van der Waals surface area contributed by atoms with Crippen LogP contribution in [0.5, 0.6) is 11.5 Å². The van der Waals surface area contributed by atoms with Gasteiger partial charge in [-0.2, -0.15) is 0 Å². The fourth-order valence-electron chi connectivity index (χ4n) is 4.31. The molecule has 3 aromatic rings. The van der Waals surface area contributed by atoms with Gasteiger partial charge in [0.25, 0.3) is 5.56 Å². The number of fused-ring (bicyclic) bond motifs is 1. The van der Waals surface area contributed by atoms with Crippen LogP contribution in [0.25, 0.3) is 0 Å². The number of pyridine rings is 1. The minimum atomic E-state index is -0.606. The van der Waals surface area contributed by atoms with Crippen molar-refractivity contribution in [1.29, 1.82) is 0 Å². The Morgan fingerprint density at radius 3 is 2.67 bits per heavy atom. The van der Waals surface area contributed by atoms with Crippen molar-refractivity contribution >= 4 is 23.2 Å². The molecule has 0 unspecified atom stereocenters. The zero-order valence-corrected chi connectivity index (χ0v) is 20.0. The predicted molar refractivity (Wildman–Crippen MR) is 130 cm³/mol. The van der Waals surface area contributed by atoms with Crippen molar-refractivity contribution in [3.63, 3.8) is 0 Å². The molecule has 6 nitrogen and oxygen atoms in total. The molecule has 2 aromatic carbocycles. The van der Waals surface area contributed by atoms with Crippen molar-refractivity contribution in [3.8, 4) is 11.5 Å². The molecule has 0 saturated heterocycles. The lowest BCUT2D eigenvalue weighted by atomic mass is 10.1. The van der Waals surface area contributed by atoms with Crippen LogP contribution in [0.1, 0.15) is 40.4 Å². The van der Waals surface area contributed by atoms with E-state index in [1.54, 1.807) is 29.9 Å². The number of benzene rings is 2. The molecule has 0 fully saturated rings. The van der Waals surface area contributed by atoms with Gasteiger partial charge < -0.3 is 14.8 Å². The molecule has 2 heterocycles. The zero-order chi connectivity index (χ0) is 23.7. The number of aromatic nitrogens is 1. The Morgan fingerprint density at radius 2 is 1.94 bits per heavy atom. The molecule has 1 aliphatic heterocycles. The van der Waals surface area contributed by atoms with Crippen LogP contribution in [-0.4, -0.2) is 17.6 Å². The van der Waals surface area contributed by atoms with Gasteiger partial charge in [-0.3, -0.25) is 14.2 Å². The fourth-order valence-corrected chi connectivity index (χ4v) is 4.54. The van der Waals surface area contributed by atoms with E-state index in [1.807, 2.05) is 39.0 Å². The number of aryl methyl sites for hydroxylation is 2. The summed E-state index contributed by atoms with van der Waals surface area (Å²) in [5, 5.41) is 3.54. The molecule has 1 N–H and O–H groups in total. The van der Waals surface area contributed by atoms with Gasteiger partial charge in [0.05, 0.1) is 12.8 Å². The average Bonchev–Trinajstić information content (AvgIpc) is 3.23. The smallest absolute Gasteiger partial charge is 0.252 e. The van der Waals surface area contributed by atoms with E-state index < -0.39 is 6.04 Å². The number of ether oxygens (including phenoxy) is 2. The van der Waals surface area contributed by atoms with Crippen molar-refractivity contribution in [2.24, 2.45) is 0 Å². The molecular formula is C26H27ClN2O4. The van der Waals surface area contributed by atoms with Gasteiger partial charge in [-0.15, -0.1) is 0 Å². The summed E-state index contributed by atoms with van der Waals surface area (Å²) in [7, 11) is 1.58. The summed E-state index contributed by atoms with van der Waals surface area (Å²) in [4.78, 5) is 26.1. The van der Waals surface area contributed by atoms with Crippen LogP contribution in [0.3, 0.4) is 0 Å². The second-order valence-corrected chi connectivity index (χ2v) is 8.78. The molecular weight excluding hydrogens is 440 g/mol. The van der Waals surface area contributed by atoms with Crippen LogP contribution in [0.15, 0.2) is 47.3 Å². The number of nitrogens with one attached hydrogen (secondary N) is 1. The monoisotopic (exact) mass is 466 g/mol. The molecule has 0 aliphatic carbocycles. The highest BCUT2D eigenvalue weighted by molar-refractivity contribution is 6.30. The van der Waals surface area contributed by atoms with E-state index in [0.29, 0.717) is 34.9 Å². The Morgan fingerprint density at radius 1 is 1.15 bits per heavy atom. The quantitative estimate of drug-likeness (QED) is 0.546. The lowest BCUT2D eigenvalue weighted by Gasteiger charge is -2.19. The standard InChI is InChI=1S/C26H27ClN2O4/c1-15-6-5-7-23(17(15)3)33-14-18-13-24(30)29-21(25(18)32-4)10-11-22(29)26(31)28-20-9-8-19(27)12-16(20)2/h5-9,12-13,22H,10-11,14H2,1-4H3,(H,28,31)/t22-/m0/s1. The summed E-state index contributed by atoms with van der Waals surface area (Å²) < 4.78 is 13.2. The molecule has 4 rings (SSSR count). The largest absolute Gasteiger partial charge is 0.494 e.